The third-order valence-corrected chi connectivity index (χ3v) is 6.08. The first-order chi connectivity index (χ1) is 14.4. The van der Waals surface area contributed by atoms with Crippen molar-refractivity contribution in [1.82, 2.24) is 0 Å². The number of aryl methyl sites for hydroxylation is 1. The van der Waals surface area contributed by atoms with E-state index in [0.29, 0.717) is 0 Å². The third-order valence-electron chi connectivity index (χ3n) is 5.19. The van der Waals surface area contributed by atoms with E-state index >= 15 is 0 Å². The Morgan fingerprint density at radius 2 is 1.40 bits per heavy atom. The van der Waals surface area contributed by atoms with Crippen molar-refractivity contribution in [2.45, 2.75) is 82.4 Å². The molecule has 2 N–H and O–H groups in total. The Balaban J connectivity index is 1.77. The minimum atomic E-state index is -4.41. The van der Waals surface area contributed by atoms with Crippen LogP contribution in [0.2, 0.25) is 0 Å². The van der Waals surface area contributed by atoms with Crippen LogP contribution in [0.25, 0.3) is 0 Å². The highest BCUT2D eigenvalue weighted by atomic mass is 32.2. The van der Waals surface area contributed by atoms with Crippen molar-refractivity contribution in [1.29, 1.82) is 0 Å². The number of para-hydroxylation sites is 1. The maximum Gasteiger partial charge on any atom is 0.298 e. The van der Waals surface area contributed by atoms with Crippen molar-refractivity contribution in [3.05, 3.63) is 48.0 Å². The van der Waals surface area contributed by atoms with E-state index in [9.17, 15) is 18.1 Å². The molecule has 0 aliphatic rings. The van der Waals surface area contributed by atoms with Gasteiger partial charge < -0.3 is 9.84 Å². The lowest BCUT2D eigenvalue weighted by atomic mass is 10.0. The van der Waals surface area contributed by atoms with Crippen LogP contribution in [-0.4, -0.2) is 18.1 Å². The number of phenolic OH excluding ortho intramolecular Hbond substituents is 1. The molecule has 0 saturated carbocycles. The number of ether oxygens (including phenoxy) is 1. The monoisotopic (exact) mass is 434 g/mol. The van der Waals surface area contributed by atoms with Crippen LogP contribution >= 0.6 is 0 Å². The molecule has 0 fully saturated rings. The summed E-state index contributed by atoms with van der Waals surface area (Å²) in [4.78, 5) is -0.334. The Bertz CT molecular complexity index is 877. The summed E-state index contributed by atoms with van der Waals surface area (Å²) in [5.41, 5.74) is 1.02. The SMILES string of the molecule is CCCCCCCCCCCCc1ccc(Oc2ccccc2S(=O)(=O)O)c(O)c1. The Morgan fingerprint density at radius 3 is 2.00 bits per heavy atom. The van der Waals surface area contributed by atoms with Gasteiger partial charge in [-0.15, -0.1) is 0 Å². The molecular formula is C24H34O5S. The highest BCUT2D eigenvalue weighted by Gasteiger charge is 2.17. The number of rotatable bonds is 14. The van der Waals surface area contributed by atoms with Gasteiger partial charge in [-0.1, -0.05) is 82.9 Å². The summed E-state index contributed by atoms with van der Waals surface area (Å²) >= 11 is 0. The third kappa shape index (κ3) is 8.36. The lowest BCUT2D eigenvalue weighted by Crippen LogP contribution is -2.01. The van der Waals surface area contributed by atoms with Crippen LogP contribution < -0.4 is 4.74 Å². The fraction of sp³-hybridized carbons (Fsp3) is 0.500. The van der Waals surface area contributed by atoms with Gasteiger partial charge in [-0.3, -0.25) is 4.55 Å². The van der Waals surface area contributed by atoms with Crippen LogP contribution in [-0.2, 0) is 16.5 Å². The van der Waals surface area contributed by atoms with Gasteiger partial charge in [0.2, 0.25) is 0 Å². The second-order valence-corrected chi connectivity index (χ2v) is 9.15. The van der Waals surface area contributed by atoms with Crippen LogP contribution in [0.4, 0.5) is 0 Å². The van der Waals surface area contributed by atoms with Crippen LogP contribution in [0.1, 0.15) is 76.7 Å². The number of hydrogen-bond acceptors (Lipinski definition) is 4. The summed E-state index contributed by atoms with van der Waals surface area (Å²) < 4.78 is 37.8. The predicted octanol–water partition coefficient (Wildman–Crippen LogP) is 6.89. The molecule has 2 aromatic carbocycles. The molecule has 0 heterocycles. The molecule has 0 aromatic heterocycles. The summed E-state index contributed by atoms with van der Waals surface area (Å²) in [5, 5.41) is 10.3. The number of unbranched alkanes of at least 4 members (excludes halogenated alkanes) is 9. The van der Waals surface area contributed by atoms with Crippen molar-refractivity contribution in [3.63, 3.8) is 0 Å². The van der Waals surface area contributed by atoms with E-state index in [0.717, 1.165) is 18.4 Å². The van der Waals surface area contributed by atoms with E-state index < -0.39 is 10.1 Å². The molecule has 166 valence electrons. The van der Waals surface area contributed by atoms with Gasteiger partial charge in [0.1, 0.15) is 10.6 Å². The molecule has 30 heavy (non-hydrogen) atoms. The van der Waals surface area contributed by atoms with Gasteiger partial charge in [-0.05, 0) is 42.7 Å². The number of aromatic hydroxyl groups is 1. The average Bonchev–Trinajstić information content (AvgIpc) is 2.71. The Morgan fingerprint density at radius 1 is 0.800 bits per heavy atom. The van der Waals surface area contributed by atoms with E-state index in [1.54, 1.807) is 18.2 Å². The number of benzene rings is 2. The Hall–Kier alpha value is -2.05. The lowest BCUT2D eigenvalue weighted by Gasteiger charge is -2.11. The van der Waals surface area contributed by atoms with Crippen molar-refractivity contribution >= 4 is 10.1 Å². The van der Waals surface area contributed by atoms with E-state index in [1.807, 2.05) is 6.07 Å². The predicted molar refractivity (Wildman–Crippen MR) is 120 cm³/mol. The molecule has 6 heteroatoms. The standard InChI is InChI=1S/C24H34O5S/c1-2-3-4-5-6-7-8-9-10-11-14-20-17-18-22(21(25)19-20)29-23-15-12-13-16-24(23)30(26,27)28/h12-13,15-19,25H,2-11,14H2,1H3,(H,26,27,28). The summed E-state index contributed by atoms with van der Waals surface area (Å²) in [5.74, 6) is 0.0698. The molecule has 0 atom stereocenters. The van der Waals surface area contributed by atoms with Crippen molar-refractivity contribution < 1.29 is 22.8 Å². The Labute approximate surface area is 180 Å². The van der Waals surface area contributed by atoms with E-state index in [1.165, 1.54) is 76.0 Å². The minimum absolute atomic E-state index is 0.0299. The maximum atomic E-state index is 11.5. The molecule has 0 radical (unpaired) electrons. The molecule has 2 aromatic rings. The molecule has 5 nitrogen and oxygen atoms in total. The summed E-state index contributed by atoms with van der Waals surface area (Å²) in [6, 6.07) is 10.9. The lowest BCUT2D eigenvalue weighted by molar-refractivity contribution is 0.401. The minimum Gasteiger partial charge on any atom is -0.504 e. The largest absolute Gasteiger partial charge is 0.504 e. The zero-order valence-electron chi connectivity index (χ0n) is 17.8. The van der Waals surface area contributed by atoms with Crippen LogP contribution in [0, 0.1) is 0 Å². The van der Waals surface area contributed by atoms with E-state index in [4.69, 9.17) is 4.74 Å². The average molecular weight is 435 g/mol. The molecule has 0 saturated heterocycles. The summed E-state index contributed by atoms with van der Waals surface area (Å²) in [6.07, 6.45) is 13.7. The molecule has 0 spiro atoms. The van der Waals surface area contributed by atoms with Crippen molar-refractivity contribution in [2.24, 2.45) is 0 Å². The zero-order chi connectivity index (χ0) is 21.8. The highest BCUT2D eigenvalue weighted by molar-refractivity contribution is 7.86. The van der Waals surface area contributed by atoms with E-state index in [2.05, 4.69) is 6.92 Å². The topological polar surface area (TPSA) is 83.8 Å². The molecule has 0 aliphatic heterocycles. The second kappa shape index (κ2) is 12.6. The number of phenols is 1. The first kappa shape index (κ1) is 24.2. The van der Waals surface area contributed by atoms with Crippen LogP contribution in [0.3, 0.4) is 0 Å². The van der Waals surface area contributed by atoms with E-state index in [-0.39, 0.29) is 22.1 Å². The molecule has 2 rings (SSSR count). The first-order valence-corrected chi connectivity index (χ1v) is 12.4. The van der Waals surface area contributed by atoms with Gasteiger partial charge in [0, 0.05) is 0 Å². The fourth-order valence-electron chi connectivity index (χ4n) is 3.49. The summed E-state index contributed by atoms with van der Waals surface area (Å²) in [7, 11) is -4.41. The van der Waals surface area contributed by atoms with Gasteiger partial charge in [0.15, 0.2) is 11.5 Å². The quantitative estimate of drug-likeness (QED) is 0.250. The normalized spacial score (nSPS) is 11.5. The molecule has 0 aliphatic carbocycles. The fourth-order valence-corrected chi connectivity index (χ4v) is 4.10. The first-order valence-electron chi connectivity index (χ1n) is 11.0. The molecule has 0 amide bonds. The van der Waals surface area contributed by atoms with Gasteiger partial charge in [0.25, 0.3) is 10.1 Å². The Kier molecular flexibility index (Phi) is 10.2. The zero-order valence-corrected chi connectivity index (χ0v) is 18.7. The van der Waals surface area contributed by atoms with Crippen LogP contribution in [0.5, 0.6) is 17.2 Å². The van der Waals surface area contributed by atoms with Crippen molar-refractivity contribution in [3.8, 4) is 17.2 Å². The highest BCUT2D eigenvalue weighted by Crippen LogP contribution is 2.34. The molecule has 0 bridgehead atoms. The molecular weight excluding hydrogens is 400 g/mol. The van der Waals surface area contributed by atoms with Crippen molar-refractivity contribution in [2.75, 3.05) is 0 Å². The number of hydrogen-bond donors (Lipinski definition) is 2. The van der Waals surface area contributed by atoms with Crippen LogP contribution in [0.15, 0.2) is 47.4 Å². The van der Waals surface area contributed by atoms with Gasteiger partial charge in [-0.2, -0.15) is 8.42 Å². The van der Waals surface area contributed by atoms with Gasteiger partial charge >= 0.3 is 0 Å². The second-order valence-electron chi connectivity index (χ2n) is 7.76. The summed E-state index contributed by atoms with van der Waals surface area (Å²) in [6.45, 7) is 2.24. The maximum absolute atomic E-state index is 11.5. The smallest absolute Gasteiger partial charge is 0.298 e. The van der Waals surface area contributed by atoms with Gasteiger partial charge in [0.05, 0.1) is 0 Å². The van der Waals surface area contributed by atoms with Gasteiger partial charge in [-0.25, -0.2) is 0 Å². The molecule has 0 unspecified atom stereocenters.